The minimum absolute atomic E-state index is 0.0225. The van der Waals surface area contributed by atoms with Crippen molar-refractivity contribution in [3.63, 3.8) is 0 Å². The summed E-state index contributed by atoms with van der Waals surface area (Å²) in [6.07, 6.45) is 4.82. The van der Waals surface area contributed by atoms with Crippen LogP contribution in [-0.4, -0.2) is 88.9 Å². The zero-order chi connectivity index (χ0) is 37.6. The van der Waals surface area contributed by atoms with Crippen LogP contribution in [0, 0.1) is 5.92 Å². The van der Waals surface area contributed by atoms with Gasteiger partial charge in [0.1, 0.15) is 17.7 Å². The Balaban J connectivity index is 0.935. The lowest BCUT2D eigenvalue weighted by molar-refractivity contribution is -0.134. The zero-order valence-electron chi connectivity index (χ0n) is 31.3. The monoisotopic (exact) mass is 730 g/mol. The molecule has 3 aliphatic rings. The van der Waals surface area contributed by atoms with Gasteiger partial charge in [0.25, 0.3) is 0 Å². The molecule has 2 saturated heterocycles. The minimum atomic E-state index is -0.659. The predicted octanol–water partition coefficient (Wildman–Crippen LogP) is 5.61. The van der Waals surface area contributed by atoms with E-state index in [4.69, 9.17) is 14.7 Å². The number of hydrogen-bond acceptors (Lipinski definition) is 8. The molecule has 282 valence electrons. The van der Waals surface area contributed by atoms with Gasteiger partial charge < -0.3 is 35.5 Å². The highest BCUT2D eigenvalue weighted by Crippen LogP contribution is 2.33. The van der Waals surface area contributed by atoms with Gasteiger partial charge in [0.2, 0.25) is 11.8 Å². The Morgan fingerprint density at radius 1 is 0.870 bits per heavy atom. The van der Waals surface area contributed by atoms with Crippen molar-refractivity contribution in [3.05, 3.63) is 102 Å². The summed E-state index contributed by atoms with van der Waals surface area (Å²) in [5.41, 5.74) is 6.48. The molecule has 4 atom stereocenters. The van der Waals surface area contributed by atoms with Gasteiger partial charge in [0, 0.05) is 19.6 Å². The van der Waals surface area contributed by atoms with E-state index in [1.54, 1.807) is 0 Å². The van der Waals surface area contributed by atoms with E-state index >= 15 is 0 Å². The summed E-state index contributed by atoms with van der Waals surface area (Å²) in [7, 11) is 1.30. The molecule has 0 saturated carbocycles. The number of likely N-dealkylation sites (tertiary alicyclic amines) is 2. The molecule has 3 aromatic carbocycles. The zero-order valence-corrected chi connectivity index (χ0v) is 31.3. The van der Waals surface area contributed by atoms with Crippen LogP contribution in [-0.2, 0) is 20.9 Å². The highest BCUT2D eigenvalue weighted by molar-refractivity contribution is 5.95. The van der Waals surface area contributed by atoms with Crippen molar-refractivity contribution in [2.45, 2.75) is 70.2 Å². The van der Waals surface area contributed by atoms with Crippen molar-refractivity contribution in [2.75, 3.05) is 33.3 Å². The van der Waals surface area contributed by atoms with Gasteiger partial charge in [-0.1, -0.05) is 92.7 Å². The van der Waals surface area contributed by atoms with Gasteiger partial charge in [-0.05, 0) is 59.4 Å². The van der Waals surface area contributed by atoms with Crippen LogP contribution in [0.2, 0.25) is 0 Å². The number of aromatic amines is 1. The molecule has 4 aromatic rings. The molecule has 54 heavy (non-hydrogen) atoms. The first kappa shape index (κ1) is 36.9. The summed E-state index contributed by atoms with van der Waals surface area (Å²) >= 11 is 0. The maximum Gasteiger partial charge on any atom is 0.407 e. The summed E-state index contributed by atoms with van der Waals surface area (Å²) in [4.78, 5) is 55.4. The largest absolute Gasteiger partial charge is 0.453 e. The van der Waals surface area contributed by atoms with Gasteiger partial charge >= 0.3 is 6.09 Å². The Morgan fingerprint density at radius 3 is 2.24 bits per heavy atom. The van der Waals surface area contributed by atoms with E-state index in [1.165, 1.54) is 7.11 Å². The number of aromatic nitrogens is 2. The first-order valence-corrected chi connectivity index (χ1v) is 19.0. The number of ether oxygens (including phenoxy) is 1. The molecule has 12 heteroatoms. The molecule has 2 fully saturated rings. The van der Waals surface area contributed by atoms with Crippen LogP contribution in [0.25, 0.3) is 22.4 Å². The molecule has 12 nitrogen and oxygen atoms in total. The van der Waals surface area contributed by atoms with Gasteiger partial charge in [0.15, 0.2) is 0 Å². The van der Waals surface area contributed by atoms with Gasteiger partial charge in [-0.2, -0.15) is 0 Å². The molecular weight excluding hydrogens is 681 g/mol. The number of methoxy groups -OCH3 is 1. The number of rotatable bonds is 12. The second-order valence-electron chi connectivity index (χ2n) is 14.7. The number of carbonyl (C=O) groups excluding carboxylic acids is 3. The molecular formula is C42H50N8O4. The van der Waals surface area contributed by atoms with Crippen LogP contribution in [0.4, 0.5) is 4.79 Å². The van der Waals surface area contributed by atoms with Crippen molar-refractivity contribution in [3.8, 4) is 22.4 Å². The predicted molar refractivity (Wildman–Crippen MR) is 208 cm³/mol. The third kappa shape index (κ3) is 8.18. The summed E-state index contributed by atoms with van der Waals surface area (Å²) in [6, 6.07) is 26.3. The highest BCUT2D eigenvalue weighted by Gasteiger charge is 2.39. The Morgan fingerprint density at radius 2 is 1.54 bits per heavy atom. The van der Waals surface area contributed by atoms with Gasteiger partial charge in [-0.3, -0.25) is 14.6 Å². The summed E-state index contributed by atoms with van der Waals surface area (Å²) in [5.74, 6) is 1.56. The summed E-state index contributed by atoms with van der Waals surface area (Å²) in [5, 5.41) is 9.60. The molecule has 0 spiro atoms. The maximum atomic E-state index is 13.5. The van der Waals surface area contributed by atoms with Crippen molar-refractivity contribution in [1.82, 2.24) is 35.7 Å². The topological polar surface area (TPSA) is 144 Å². The molecule has 1 unspecified atom stereocenters. The molecule has 7 rings (SSSR count). The Kier molecular flexibility index (Phi) is 11.4. The average molecular weight is 731 g/mol. The standard InChI is InChI=1S/C42H50N8O4/c1-27(2)38(48-42(53)54-3)41(52)50-22-8-12-36(50)40-45-25-34(47-40)32-19-15-30(16-20-32)29-13-17-31(18-14-29)33-24-44-39(46-33)35-11-7-21-49(35)37(51)26-43-23-28-9-5-4-6-10-28/h4-6,9-10,13-20,24,27,34-36,38,43H,7-8,11-12,21-23,25-26H2,1-3H3,(H,44,46)(H,45,47)(H,48,53)/t34?,35-,36-,38-/m0/s1. The number of benzene rings is 3. The van der Waals surface area contributed by atoms with Crippen molar-refractivity contribution in [2.24, 2.45) is 10.9 Å². The number of imidazole rings is 1. The van der Waals surface area contributed by atoms with E-state index in [0.717, 1.165) is 77.4 Å². The van der Waals surface area contributed by atoms with Crippen LogP contribution in [0.5, 0.6) is 0 Å². The second kappa shape index (κ2) is 16.7. The fourth-order valence-corrected chi connectivity index (χ4v) is 7.81. The van der Waals surface area contributed by atoms with E-state index < -0.39 is 12.1 Å². The van der Waals surface area contributed by atoms with E-state index in [1.807, 2.05) is 48.0 Å². The smallest absolute Gasteiger partial charge is 0.407 e. The number of carbonyl (C=O) groups is 3. The van der Waals surface area contributed by atoms with Crippen LogP contribution >= 0.6 is 0 Å². The molecule has 3 aliphatic heterocycles. The summed E-state index contributed by atoms with van der Waals surface area (Å²) < 4.78 is 4.76. The maximum absolute atomic E-state index is 13.5. The van der Waals surface area contributed by atoms with E-state index in [9.17, 15) is 14.4 Å². The Bertz CT molecular complexity index is 1940. The molecule has 4 heterocycles. The number of nitrogens with one attached hydrogen (secondary N) is 4. The van der Waals surface area contributed by atoms with Crippen molar-refractivity contribution in [1.29, 1.82) is 0 Å². The Labute approximate surface area is 316 Å². The number of amides is 3. The third-order valence-corrected chi connectivity index (χ3v) is 10.8. The number of H-pyrrole nitrogens is 1. The second-order valence-corrected chi connectivity index (χ2v) is 14.7. The number of alkyl carbamates (subject to hydrolysis) is 1. The fraction of sp³-hybridized carbons (Fsp3) is 0.405. The van der Waals surface area contributed by atoms with Gasteiger partial charge in [0.05, 0.1) is 50.2 Å². The fourth-order valence-electron chi connectivity index (χ4n) is 7.81. The van der Waals surface area contributed by atoms with Crippen molar-refractivity contribution >= 4 is 23.7 Å². The minimum Gasteiger partial charge on any atom is -0.453 e. The Hall–Kier alpha value is -5.49. The van der Waals surface area contributed by atoms with Crippen LogP contribution in [0.1, 0.15) is 68.6 Å². The molecule has 1 aromatic heterocycles. The van der Waals surface area contributed by atoms with E-state index in [-0.39, 0.29) is 35.9 Å². The van der Waals surface area contributed by atoms with Gasteiger partial charge in [-0.25, -0.2) is 9.78 Å². The SMILES string of the molecule is COC(=O)N[C@H](C(=O)N1CCC[C@H]1C1=NCC(c2ccc(-c3ccc(-c4cnc([C@@H]5CCCN5C(=O)CNCc5ccccc5)[nH]4)cc3)cc2)N1)C(C)C. The van der Waals surface area contributed by atoms with E-state index in [2.05, 4.69) is 81.6 Å². The summed E-state index contributed by atoms with van der Waals surface area (Å²) in [6.45, 7) is 6.76. The molecule has 3 amide bonds. The first-order chi connectivity index (χ1) is 26.3. The number of nitrogens with zero attached hydrogens (tertiary/aromatic N) is 4. The number of amidine groups is 1. The van der Waals surface area contributed by atoms with E-state index in [0.29, 0.717) is 26.2 Å². The molecule has 4 N–H and O–H groups in total. The van der Waals surface area contributed by atoms with Gasteiger partial charge in [-0.15, -0.1) is 0 Å². The third-order valence-electron chi connectivity index (χ3n) is 10.8. The lowest BCUT2D eigenvalue weighted by Crippen LogP contribution is -2.54. The molecule has 0 bridgehead atoms. The van der Waals surface area contributed by atoms with Crippen molar-refractivity contribution < 1.29 is 19.1 Å². The number of hydrogen-bond donors (Lipinski definition) is 4. The van der Waals surface area contributed by atoms with Crippen LogP contribution in [0.3, 0.4) is 0 Å². The number of aliphatic imine (C=N–C) groups is 1. The normalized spacial score (nSPS) is 20.1. The molecule has 0 aliphatic carbocycles. The average Bonchev–Trinajstić information content (AvgIpc) is 4.04. The lowest BCUT2D eigenvalue weighted by atomic mass is 9.99. The first-order valence-electron chi connectivity index (χ1n) is 19.0. The lowest BCUT2D eigenvalue weighted by Gasteiger charge is -2.31. The highest BCUT2D eigenvalue weighted by atomic mass is 16.5. The van der Waals surface area contributed by atoms with Crippen LogP contribution in [0.15, 0.2) is 90.1 Å². The van der Waals surface area contributed by atoms with Crippen LogP contribution < -0.4 is 16.0 Å². The quantitative estimate of drug-likeness (QED) is 0.148. The molecule has 0 radical (unpaired) electrons.